The first-order valence-electron chi connectivity index (χ1n) is 5.82. The number of halogens is 2. The van der Waals surface area contributed by atoms with Crippen LogP contribution in [0.2, 0.25) is 5.02 Å². The fourth-order valence-corrected chi connectivity index (χ4v) is 2.18. The third-order valence-corrected chi connectivity index (χ3v) is 3.86. The number of aromatic nitrogens is 1. The quantitative estimate of drug-likeness (QED) is 0.898. The number of hydrogen-bond acceptors (Lipinski definition) is 3. The van der Waals surface area contributed by atoms with E-state index < -0.39 is 0 Å². The maximum atomic E-state index is 5.95. The lowest BCUT2D eigenvalue weighted by Crippen LogP contribution is -2.12. The van der Waals surface area contributed by atoms with Crippen LogP contribution in [0.15, 0.2) is 41.0 Å². The minimum Gasteiger partial charge on any atom is -0.481 e. The van der Waals surface area contributed by atoms with Crippen LogP contribution in [-0.2, 0) is 13.1 Å². The molecule has 0 aliphatic rings. The highest BCUT2D eigenvalue weighted by molar-refractivity contribution is 9.10. The summed E-state index contributed by atoms with van der Waals surface area (Å²) in [6.07, 6.45) is 1.81. The summed E-state index contributed by atoms with van der Waals surface area (Å²) in [6.45, 7) is 1.54. The Balaban J connectivity index is 1.86. The molecule has 0 aliphatic heterocycles. The Hall–Kier alpha value is -1.10. The van der Waals surface area contributed by atoms with E-state index in [-0.39, 0.29) is 0 Å². The van der Waals surface area contributed by atoms with Crippen molar-refractivity contribution in [2.24, 2.45) is 0 Å². The highest BCUT2D eigenvalue weighted by Gasteiger charge is 2.00. The molecule has 2 aromatic rings. The van der Waals surface area contributed by atoms with Gasteiger partial charge in [-0.2, -0.15) is 0 Å². The Labute approximate surface area is 126 Å². The molecule has 100 valence electrons. The Morgan fingerprint density at radius 3 is 2.58 bits per heavy atom. The van der Waals surface area contributed by atoms with E-state index in [0.717, 1.165) is 28.1 Å². The van der Waals surface area contributed by atoms with E-state index in [0.29, 0.717) is 5.88 Å². The molecule has 1 heterocycles. The van der Waals surface area contributed by atoms with Crippen LogP contribution in [0.1, 0.15) is 11.1 Å². The molecule has 1 N–H and O–H groups in total. The summed E-state index contributed by atoms with van der Waals surface area (Å²) in [4.78, 5) is 4.16. The molecule has 0 saturated carbocycles. The number of nitrogens with one attached hydrogen (secondary N) is 1. The van der Waals surface area contributed by atoms with Crippen LogP contribution in [0.3, 0.4) is 0 Å². The van der Waals surface area contributed by atoms with Crippen LogP contribution in [0.5, 0.6) is 5.88 Å². The van der Waals surface area contributed by atoms with Gasteiger partial charge in [-0.15, -0.1) is 0 Å². The number of benzene rings is 1. The van der Waals surface area contributed by atoms with Gasteiger partial charge in [0.1, 0.15) is 0 Å². The number of nitrogens with zero attached hydrogens (tertiary/aromatic N) is 1. The van der Waals surface area contributed by atoms with Gasteiger partial charge in [-0.1, -0.05) is 23.7 Å². The normalized spacial score (nSPS) is 10.5. The van der Waals surface area contributed by atoms with Crippen LogP contribution in [0.4, 0.5) is 0 Å². The minimum absolute atomic E-state index is 0.630. The summed E-state index contributed by atoms with van der Waals surface area (Å²) >= 11 is 9.37. The fraction of sp³-hybridized carbons (Fsp3) is 0.214. The number of hydrogen-bond donors (Lipinski definition) is 1. The number of ether oxygens (including phenoxy) is 1. The minimum atomic E-state index is 0.630. The first-order valence-corrected chi connectivity index (χ1v) is 6.99. The van der Waals surface area contributed by atoms with Gasteiger partial charge in [0, 0.05) is 29.8 Å². The number of pyridine rings is 1. The average Bonchev–Trinajstić information content (AvgIpc) is 2.43. The molecule has 0 spiro atoms. The van der Waals surface area contributed by atoms with Crippen molar-refractivity contribution in [2.75, 3.05) is 7.11 Å². The first kappa shape index (κ1) is 14.3. The molecule has 1 aromatic heterocycles. The zero-order valence-electron chi connectivity index (χ0n) is 10.5. The molecule has 0 saturated heterocycles. The van der Waals surface area contributed by atoms with Crippen molar-refractivity contribution < 1.29 is 4.74 Å². The van der Waals surface area contributed by atoms with Crippen molar-refractivity contribution in [1.82, 2.24) is 10.3 Å². The average molecular weight is 342 g/mol. The van der Waals surface area contributed by atoms with E-state index in [1.807, 2.05) is 36.5 Å². The van der Waals surface area contributed by atoms with Gasteiger partial charge in [0.2, 0.25) is 5.88 Å². The molecule has 0 fully saturated rings. The summed E-state index contributed by atoms with van der Waals surface area (Å²) in [7, 11) is 1.61. The summed E-state index contributed by atoms with van der Waals surface area (Å²) < 4.78 is 5.93. The van der Waals surface area contributed by atoms with E-state index in [1.165, 1.54) is 5.56 Å². The smallest absolute Gasteiger partial charge is 0.212 e. The van der Waals surface area contributed by atoms with Crippen molar-refractivity contribution in [3.05, 3.63) is 57.2 Å². The van der Waals surface area contributed by atoms with E-state index in [1.54, 1.807) is 7.11 Å². The molecule has 0 aliphatic carbocycles. The molecule has 0 unspecified atom stereocenters. The molecular formula is C14H14BrClN2O. The highest BCUT2D eigenvalue weighted by Crippen LogP contribution is 2.23. The Bertz CT molecular complexity index is 546. The van der Waals surface area contributed by atoms with E-state index >= 15 is 0 Å². The molecule has 0 bridgehead atoms. The molecule has 0 atom stereocenters. The molecule has 2 rings (SSSR count). The molecule has 3 nitrogen and oxygen atoms in total. The largest absolute Gasteiger partial charge is 0.481 e. The second kappa shape index (κ2) is 6.89. The highest BCUT2D eigenvalue weighted by atomic mass is 79.9. The number of rotatable bonds is 5. The van der Waals surface area contributed by atoms with Gasteiger partial charge >= 0.3 is 0 Å². The second-order valence-electron chi connectivity index (χ2n) is 4.06. The SMILES string of the molecule is COc1ccc(CNCc2ccc(Cl)c(Br)c2)cn1. The Morgan fingerprint density at radius 2 is 1.95 bits per heavy atom. The van der Waals surface area contributed by atoms with Gasteiger partial charge in [0.15, 0.2) is 0 Å². The van der Waals surface area contributed by atoms with Gasteiger partial charge in [0.05, 0.1) is 12.1 Å². The molecule has 5 heteroatoms. The standard InChI is InChI=1S/C14H14BrClN2O/c1-19-14-5-3-11(9-18-14)8-17-7-10-2-4-13(16)12(15)6-10/h2-6,9,17H,7-8H2,1H3. The molecule has 0 amide bonds. The molecular weight excluding hydrogens is 328 g/mol. The van der Waals surface area contributed by atoms with Crippen LogP contribution >= 0.6 is 27.5 Å². The molecule has 19 heavy (non-hydrogen) atoms. The third kappa shape index (κ3) is 4.20. The Morgan fingerprint density at radius 1 is 1.21 bits per heavy atom. The first-order chi connectivity index (χ1) is 9.19. The van der Waals surface area contributed by atoms with Crippen molar-refractivity contribution in [3.63, 3.8) is 0 Å². The molecule has 0 radical (unpaired) electrons. The van der Waals surface area contributed by atoms with Gasteiger partial charge in [-0.25, -0.2) is 4.98 Å². The maximum Gasteiger partial charge on any atom is 0.212 e. The summed E-state index contributed by atoms with van der Waals surface area (Å²) in [5.74, 6) is 0.630. The zero-order valence-corrected chi connectivity index (χ0v) is 12.8. The van der Waals surface area contributed by atoms with E-state index in [2.05, 4.69) is 26.2 Å². The fourth-order valence-electron chi connectivity index (χ4n) is 1.64. The molecule has 1 aromatic carbocycles. The number of methoxy groups -OCH3 is 1. The zero-order chi connectivity index (χ0) is 13.7. The van der Waals surface area contributed by atoms with Crippen LogP contribution in [0, 0.1) is 0 Å². The summed E-state index contributed by atoms with van der Waals surface area (Å²) in [5.41, 5.74) is 2.30. The Kier molecular flexibility index (Phi) is 5.19. The predicted octanol–water partition coefficient (Wildman–Crippen LogP) is 3.80. The van der Waals surface area contributed by atoms with Crippen molar-refractivity contribution in [2.45, 2.75) is 13.1 Å². The van der Waals surface area contributed by atoms with Crippen LogP contribution < -0.4 is 10.1 Å². The summed E-state index contributed by atoms with van der Waals surface area (Å²) in [5, 5.41) is 4.08. The van der Waals surface area contributed by atoms with Gasteiger partial charge in [0.25, 0.3) is 0 Å². The van der Waals surface area contributed by atoms with Crippen molar-refractivity contribution in [3.8, 4) is 5.88 Å². The van der Waals surface area contributed by atoms with Crippen molar-refractivity contribution >= 4 is 27.5 Å². The lowest BCUT2D eigenvalue weighted by Gasteiger charge is -2.06. The van der Waals surface area contributed by atoms with Gasteiger partial charge in [-0.3, -0.25) is 0 Å². The maximum absolute atomic E-state index is 5.95. The van der Waals surface area contributed by atoms with E-state index in [9.17, 15) is 0 Å². The third-order valence-electron chi connectivity index (χ3n) is 2.65. The topological polar surface area (TPSA) is 34.1 Å². The lowest BCUT2D eigenvalue weighted by atomic mass is 10.2. The van der Waals surface area contributed by atoms with Crippen LogP contribution in [-0.4, -0.2) is 12.1 Å². The van der Waals surface area contributed by atoms with Gasteiger partial charge < -0.3 is 10.1 Å². The van der Waals surface area contributed by atoms with Crippen molar-refractivity contribution in [1.29, 1.82) is 0 Å². The lowest BCUT2D eigenvalue weighted by molar-refractivity contribution is 0.397. The van der Waals surface area contributed by atoms with E-state index in [4.69, 9.17) is 16.3 Å². The monoisotopic (exact) mass is 340 g/mol. The predicted molar refractivity (Wildman–Crippen MR) is 80.5 cm³/mol. The summed E-state index contributed by atoms with van der Waals surface area (Å²) in [6, 6.07) is 9.76. The van der Waals surface area contributed by atoms with Crippen LogP contribution in [0.25, 0.3) is 0 Å². The van der Waals surface area contributed by atoms with Gasteiger partial charge in [-0.05, 0) is 39.2 Å². The second-order valence-corrected chi connectivity index (χ2v) is 5.32.